The monoisotopic (exact) mass is 550 g/mol. The normalized spacial score (nSPS) is 37.2. The maximum Gasteiger partial charge on any atom is 0.0997 e. The van der Waals surface area contributed by atoms with Crippen molar-refractivity contribution in [2.75, 3.05) is 26.2 Å². The molecule has 0 amide bonds. The van der Waals surface area contributed by atoms with Crippen LogP contribution in [0.1, 0.15) is 82.7 Å². The van der Waals surface area contributed by atoms with Crippen molar-refractivity contribution < 1.29 is 5.11 Å². The van der Waals surface area contributed by atoms with E-state index >= 15 is 0 Å². The van der Waals surface area contributed by atoms with E-state index in [2.05, 4.69) is 63.3 Å². The average Bonchev–Trinajstić information content (AvgIpc) is 3.49. The predicted molar refractivity (Wildman–Crippen MR) is 168 cm³/mol. The van der Waals surface area contributed by atoms with Gasteiger partial charge in [0.25, 0.3) is 0 Å². The van der Waals surface area contributed by atoms with Crippen molar-refractivity contribution in [1.82, 2.24) is 19.8 Å². The SMILES string of the molecule is O[C@]12C=C(c3nccc4c3[nH]c3ccccc34)[C@H]3CCN(CCCC/C=C\CC1)C[C@@]31C[C@@H]3CCCCCCN3[C@H]12. The van der Waals surface area contributed by atoms with Gasteiger partial charge in [0, 0.05) is 46.5 Å². The van der Waals surface area contributed by atoms with Crippen LogP contribution in [0.5, 0.6) is 0 Å². The number of benzene rings is 1. The summed E-state index contributed by atoms with van der Waals surface area (Å²) in [6.45, 7) is 4.59. The van der Waals surface area contributed by atoms with Gasteiger partial charge in [0.2, 0.25) is 0 Å². The lowest BCUT2D eigenvalue weighted by Gasteiger charge is -2.58. The fraction of sp³-hybridized carbons (Fsp3) is 0.583. The van der Waals surface area contributed by atoms with E-state index in [0.29, 0.717) is 12.0 Å². The second-order valence-electron chi connectivity index (χ2n) is 13.9. The molecule has 2 aromatic heterocycles. The van der Waals surface area contributed by atoms with Crippen LogP contribution in [0.2, 0.25) is 0 Å². The highest BCUT2D eigenvalue weighted by atomic mass is 16.3. The summed E-state index contributed by atoms with van der Waals surface area (Å²) in [6.07, 6.45) is 23.4. The molecule has 4 aliphatic heterocycles. The summed E-state index contributed by atoms with van der Waals surface area (Å²) in [5, 5.41) is 15.6. The van der Waals surface area contributed by atoms with Crippen LogP contribution in [0.3, 0.4) is 0 Å². The molecule has 3 bridgehead atoms. The van der Waals surface area contributed by atoms with Gasteiger partial charge < -0.3 is 15.0 Å². The lowest BCUT2D eigenvalue weighted by atomic mass is 9.54. The Kier molecular flexibility index (Phi) is 6.61. The molecule has 8 rings (SSSR count). The third-order valence-corrected chi connectivity index (χ3v) is 11.5. The molecular weight excluding hydrogens is 504 g/mol. The van der Waals surface area contributed by atoms with Gasteiger partial charge in [-0.2, -0.15) is 0 Å². The number of nitrogens with zero attached hydrogens (tertiary/aromatic N) is 3. The summed E-state index contributed by atoms with van der Waals surface area (Å²) in [7, 11) is 0. The molecule has 41 heavy (non-hydrogen) atoms. The number of fused-ring (bicyclic) bond motifs is 5. The first-order valence-electron chi connectivity index (χ1n) is 16.6. The molecule has 6 heterocycles. The zero-order valence-corrected chi connectivity index (χ0v) is 24.5. The number of rotatable bonds is 1. The Bertz CT molecular complexity index is 1490. The molecule has 5 heteroatoms. The average molecular weight is 551 g/mol. The van der Waals surface area contributed by atoms with Gasteiger partial charge in [-0.15, -0.1) is 0 Å². The van der Waals surface area contributed by atoms with Gasteiger partial charge in [0.15, 0.2) is 0 Å². The summed E-state index contributed by atoms with van der Waals surface area (Å²) in [4.78, 5) is 14.5. The Morgan fingerprint density at radius 1 is 0.878 bits per heavy atom. The molecule has 5 nitrogen and oxygen atoms in total. The van der Waals surface area contributed by atoms with Crippen LogP contribution >= 0.6 is 0 Å². The van der Waals surface area contributed by atoms with Crippen LogP contribution < -0.4 is 0 Å². The van der Waals surface area contributed by atoms with Crippen LogP contribution in [0.15, 0.2) is 54.8 Å². The molecule has 3 fully saturated rings. The molecule has 1 spiro atoms. The van der Waals surface area contributed by atoms with Gasteiger partial charge in [-0.1, -0.05) is 49.6 Å². The highest BCUT2D eigenvalue weighted by Gasteiger charge is 2.65. The molecule has 2 N–H and O–H groups in total. The Balaban J connectivity index is 1.34. The van der Waals surface area contributed by atoms with Gasteiger partial charge in [-0.3, -0.25) is 9.88 Å². The number of aliphatic hydroxyl groups is 1. The van der Waals surface area contributed by atoms with E-state index in [0.717, 1.165) is 56.5 Å². The Hall–Kier alpha value is -2.47. The van der Waals surface area contributed by atoms with Crippen molar-refractivity contribution in [3.63, 3.8) is 0 Å². The molecule has 3 saturated heterocycles. The summed E-state index contributed by atoms with van der Waals surface area (Å²) in [5.74, 6) is 0.419. The van der Waals surface area contributed by atoms with Crippen LogP contribution in [0.4, 0.5) is 0 Å². The first kappa shape index (κ1) is 26.2. The summed E-state index contributed by atoms with van der Waals surface area (Å²) < 4.78 is 0. The van der Waals surface area contributed by atoms with Gasteiger partial charge in [0.1, 0.15) is 0 Å². The van der Waals surface area contributed by atoms with E-state index in [1.54, 1.807) is 0 Å². The number of para-hydroxylation sites is 1. The summed E-state index contributed by atoms with van der Waals surface area (Å²) in [5.41, 5.74) is 3.89. The molecule has 1 aromatic carbocycles. The number of piperidine rings is 1. The molecule has 0 radical (unpaired) electrons. The molecule has 1 aliphatic carbocycles. The van der Waals surface area contributed by atoms with Gasteiger partial charge in [-0.05, 0) is 107 Å². The van der Waals surface area contributed by atoms with E-state index in [-0.39, 0.29) is 11.5 Å². The number of hydrogen-bond donors (Lipinski definition) is 2. The van der Waals surface area contributed by atoms with Crippen molar-refractivity contribution in [1.29, 1.82) is 0 Å². The Morgan fingerprint density at radius 2 is 1.76 bits per heavy atom. The number of allylic oxidation sites excluding steroid dienone is 3. The van der Waals surface area contributed by atoms with Gasteiger partial charge in [-0.25, -0.2) is 0 Å². The highest BCUT2D eigenvalue weighted by molar-refractivity contribution is 6.09. The number of aromatic nitrogens is 2. The maximum absolute atomic E-state index is 13.1. The lowest BCUT2D eigenvalue weighted by molar-refractivity contribution is -0.0909. The molecule has 5 aliphatic rings. The van der Waals surface area contributed by atoms with E-state index < -0.39 is 5.60 Å². The van der Waals surface area contributed by atoms with Gasteiger partial charge in [0.05, 0.1) is 16.8 Å². The zero-order chi connectivity index (χ0) is 27.4. The molecule has 1 unspecified atom stereocenters. The third-order valence-electron chi connectivity index (χ3n) is 11.5. The smallest absolute Gasteiger partial charge is 0.0997 e. The molecule has 6 atom stereocenters. The maximum atomic E-state index is 13.1. The number of nitrogens with one attached hydrogen (secondary N) is 1. The number of hydrogen-bond acceptors (Lipinski definition) is 4. The fourth-order valence-corrected chi connectivity index (χ4v) is 9.98. The second kappa shape index (κ2) is 10.4. The first-order valence-corrected chi connectivity index (χ1v) is 16.6. The first-order chi connectivity index (χ1) is 20.2. The van der Waals surface area contributed by atoms with Crippen molar-refractivity contribution in [2.24, 2.45) is 11.3 Å². The van der Waals surface area contributed by atoms with Crippen molar-refractivity contribution in [3.8, 4) is 0 Å². The topological polar surface area (TPSA) is 55.4 Å². The molecule has 3 aromatic rings. The Morgan fingerprint density at radius 3 is 2.73 bits per heavy atom. The van der Waals surface area contributed by atoms with E-state index in [9.17, 15) is 5.11 Å². The summed E-state index contributed by atoms with van der Waals surface area (Å²) >= 11 is 0. The van der Waals surface area contributed by atoms with Crippen molar-refractivity contribution in [3.05, 3.63) is 60.5 Å². The second-order valence-corrected chi connectivity index (χ2v) is 13.9. The van der Waals surface area contributed by atoms with Crippen LogP contribution in [-0.4, -0.2) is 68.7 Å². The van der Waals surface area contributed by atoms with E-state index in [1.807, 2.05) is 6.20 Å². The minimum Gasteiger partial charge on any atom is -0.384 e. The van der Waals surface area contributed by atoms with Crippen LogP contribution in [-0.2, 0) is 0 Å². The van der Waals surface area contributed by atoms with Gasteiger partial charge >= 0.3 is 0 Å². The van der Waals surface area contributed by atoms with Crippen LogP contribution in [0, 0.1) is 11.3 Å². The van der Waals surface area contributed by atoms with E-state index in [1.165, 1.54) is 79.8 Å². The van der Waals surface area contributed by atoms with Crippen LogP contribution in [0.25, 0.3) is 27.4 Å². The molecule has 216 valence electrons. The summed E-state index contributed by atoms with van der Waals surface area (Å²) in [6, 6.07) is 11.6. The third kappa shape index (κ3) is 4.25. The molecule has 0 saturated carbocycles. The fourth-order valence-electron chi connectivity index (χ4n) is 9.98. The highest BCUT2D eigenvalue weighted by Crippen LogP contribution is 2.62. The standard InChI is InChI=1S/C36H46N4O/c41-36-18-10-4-1-2-5-11-20-39-22-17-30(35(25-39)23-26-13-7-3-6-12-21-40(26)34(35)36)29(24-36)32-33-28(16-19-37-32)27-14-8-9-15-31(27)38-33/h1,4,8-9,14-16,19,24,26,30,34,38,41H,2-3,5-7,10-13,17-18,20-23,25H2/b4-1-/t26-,30+,34+,35-,36-/m0/s1. The minimum atomic E-state index is -0.864. The van der Waals surface area contributed by atoms with E-state index in [4.69, 9.17) is 4.98 Å². The number of aromatic amines is 1. The Labute approximate surface area is 244 Å². The number of pyridine rings is 1. The largest absolute Gasteiger partial charge is 0.384 e. The van der Waals surface area contributed by atoms with Crippen molar-refractivity contribution in [2.45, 2.75) is 94.7 Å². The lowest BCUT2D eigenvalue weighted by Crippen LogP contribution is -2.65. The predicted octanol–water partition coefficient (Wildman–Crippen LogP) is 7.08. The van der Waals surface area contributed by atoms with Crippen molar-refractivity contribution >= 4 is 27.4 Å². The number of H-pyrrole nitrogens is 1. The minimum absolute atomic E-state index is 0.0553. The molecular formula is C36H46N4O. The zero-order valence-electron chi connectivity index (χ0n) is 24.5. The quantitative estimate of drug-likeness (QED) is 0.318.